The summed E-state index contributed by atoms with van der Waals surface area (Å²) in [7, 11) is 1.28. The number of anilines is 1. The third-order valence-corrected chi connectivity index (χ3v) is 3.78. The van der Waals surface area contributed by atoms with E-state index in [9.17, 15) is 9.59 Å². The van der Waals surface area contributed by atoms with Gasteiger partial charge in [-0.15, -0.1) is 11.3 Å². The largest absolute Gasteiger partial charge is 0.453 e. The van der Waals surface area contributed by atoms with Gasteiger partial charge in [-0.25, -0.2) is 4.79 Å². The summed E-state index contributed by atoms with van der Waals surface area (Å²) in [4.78, 5) is 23.6. The van der Waals surface area contributed by atoms with Crippen molar-refractivity contribution in [1.82, 2.24) is 0 Å². The number of hydrogen-bond donors (Lipinski definition) is 2. The zero-order valence-corrected chi connectivity index (χ0v) is 9.65. The molecule has 0 bridgehead atoms. The molecule has 86 valence electrons. The fourth-order valence-electron chi connectivity index (χ4n) is 1.90. The standard InChI is InChI=1S/C10H12N2O3S/c1-15-10(14)12-9-7(8(11)13)5-3-2-4-6(5)16-9/h2-4H2,1H3,(H2,11,13)(H,12,14). The predicted molar refractivity (Wildman–Crippen MR) is 60.9 cm³/mol. The Labute approximate surface area is 96.6 Å². The maximum absolute atomic E-state index is 11.3. The van der Waals surface area contributed by atoms with Crippen molar-refractivity contribution in [2.24, 2.45) is 5.73 Å². The van der Waals surface area contributed by atoms with E-state index in [0.717, 1.165) is 29.7 Å². The minimum atomic E-state index is -0.581. The number of nitrogens with two attached hydrogens (primary N) is 1. The van der Waals surface area contributed by atoms with E-state index < -0.39 is 12.0 Å². The Hall–Kier alpha value is -1.56. The number of carbonyl (C=O) groups is 2. The monoisotopic (exact) mass is 240 g/mol. The minimum absolute atomic E-state index is 0.447. The fourth-order valence-corrected chi connectivity index (χ4v) is 3.18. The molecule has 0 saturated carbocycles. The van der Waals surface area contributed by atoms with E-state index in [-0.39, 0.29) is 0 Å². The maximum Gasteiger partial charge on any atom is 0.411 e. The summed E-state index contributed by atoms with van der Waals surface area (Å²) < 4.78 is 4.49. The van der Waals surface area contributed by atoms with Crippen molar-refractivity contribution in [3.05, 3.63) is 16.0 Å². The van der Waals surface area contributed by atoms with Gasteiger partial charge in [0.25, 0.3) is 5.91 Å². The van der Waals surface area contributed by atoms with Crippen molar-refractivity contribution in [2.45, 2.75) is 19.3 Å². The lowest BCUT2D eigenvalue weighted by Gasteiger charge is -2.03. The van der Waals surface area contributed by atoms with Crippen molar-refractivity contribution < 1.29 is 14.3 Å². The lowest BCUT2D eigenvalue weighted by molar-refractivity contribution is 0.100. The van der Waals surface area contributed by atoms with E-state index in [1.807, 2.05) is 0 Å². The molecule has 1 aliphatic carbocycles. The Bertz CT molecular complexity index is 453. The molecule has 2 rings (SSSR count). The second-order valence-corrected chi connectivity index (χ2v) is 4.65. The van der Waals surface area contributed by atoms with Crippen molar-refractivity contribution in [1.29, 1.82) is 0 Å². The number of amides is 2. The Balaban J connectivity index is 2.38. The van der Waals surface area contributed by atoms with Crippen LogP contribution in [0.25, 0.3) is 0 Å². The molecule has 0 spiro atoms. The number of nitrogens with one attached hydrogen (secondary N) is 1. The molecule has 3 N–H and O–H groups in total. The highest BCUT2D eigenvalue weighted by atomic mass is 32.1. The molecule has 0 unspecified atom stereocenters. The van der Waals surface area contributed by atoms with Crippen LogP contribution in [0.4, 0.5) is 9.80 Å². The quantitative estimate of drug-likeness (QED) is 0.822. The number of fused-ring (bicyclic) bond motifs is 1. The highest BCUT2D eigenvalue weighted by Crippen LogP contribution is 2.38. The van der Waals surface area contributed by atoms with Crippen LogP contribution in [0.2, 0.25) is 0 Å². The van der Waals surface area contributed by atoms with Crippen LogP contribution < -0.4 is 11.1 Å². The van der Waals surface area contributed by atoms with E-state index >= 15 is 0 Å². The Morgan fingerprint density at radius 3 is 2.81 bits per heavy atom. The lowest BCUT2D eigenvalue weighted by Crippen LogP contribution is -2.17. The first kappa shape index (κ1) is 10.9. The zero-order valence-electron chi connectivity index (χ0n) is 8.83. The van der Waals surface area contributed by atoms with Crippen LogP contribution in [-0.2, 0) is 17.6 Å². The van der Waals surface area contributed by atoms with E-state index in [1.54, 1.807) is 0 Å². The van der Waals surface area contributed by atoms with Crippen LogP contribution in [-0.4, -0.2) is 19.1 Å². The summed E-state index contributed by atoms with van der Waals surface area (Å²) in [6.45, 7) is 0. The molecule has 0 atom stereocenters. The van der Waals surface area contributed by atoms with E-state index in [4.69, 9.17) is 5.73 Å². The molecule has 1 aromatic heterocycles. The smallest absolute Gasteiger partial charge is 0.411 e. The Morgan fingerprint density at radius 2 is 2.19 bits per heavy atom. The van der Waals surface area contributed by atoms with Gasteiger partial charge in [0, 0.05) is 4.88 Å². The van der Waals surface area contributed by atoms with Gasteiger partial charge in [0.2, 0.25) is 0 Å². The summed E-state index contributed by atoms with van der Waals surface area (Å²) in [5, 5.41) is 3.03. The van der Waals surface area contributed by atoms with Gasteiger partial charge in [-0.05, 0) is 24.8 Å². The minimum Gasteiger partial charge on any atom is -0.453 e. The average molecular weight is 240 g/mol. The summed E-state index contributed by atoms with van der Waals surface area (Å²) in [5.41, 5.74) is 6.76. The SMILES string of the molecule is COC(=O)Nc1sc2c(c1C(N)=O)CCC2. The first-order chi connectivity index (χ1) is 7.63. The number of ether oxygens (including phenoxy) is 1. The molecule has 1 aromatic rings. The van der Waals surface area contributed by atoms with Gasteiger partial charge in [-0.1, -0.05) is 0 Å². The highest BCUT2D eigenvalue weighted by molar-refractivity contribution is 7.17. The van der Waals surface area contributed by atoms with Crippen molar-refractivity contribution in [2.75, 3.05) is 12.4 Å². The van der Waals surface area contributed by atoms with Crippen LogP contribution >= 0.6 is 11.3 Å². The summed E-state index contributed by atoms with van der Waals surface area (Å²) >= 11 is 1.41. The molecule has 5 nitrogen and oxygen atoms in total. The van der Waals surface area contributed by atoms with Crippen molar-refractivity contribution in [3.63, 3.8) is 0 Å². The summed E-state index contributed by atoms with van der Waals surface area (Å²) in [6, 6.07) is 0. The number of hydrogen-bond acceptors (Lipinski definition) is 4. The van der Waals surface area contributed by atoms with Crippen LogP contribution in [0, 0.1) is 0 Å². The van der Waals surface area contributed by atoms with Crippen LogP contribution in [0.5, 0.6) is 0 Å². The van der Waals surface area contributed by atoms with Crippen molar-refractivity contribution >= 4 is 28.3 Å². The maximum atomic E-state index is 11.3. The molecular weight excluding hydrogens is 228 g/mol. The molecular formula is C10H12N2O3S. The normalized spacial score (nSPS) is 13.3. The van der Waals surface area contributed by atoms with E-state index in [1.165, 1.54) is 18.4 Å². The number of rotatable bonds is 2. The summed E-state index contributed by atoms with van der Waals surface area (Å²) in [5.74, 6) is -0.495. The number of thiophene rings is 1. The Kier molecular flexibility index (Phi) is 2.82. The lowest BCUT2D eigenvalue weighted by atomic mass is 10.1. The highest BCUT2D eigenvalue weighted by Gasteiger charge is 2.26. The number of aryl methyl sites for hydroxylation is 1. The zero-order chi connectivity index (χ0) is 11.7. The van der Waals surface area contributed by atoms with E-state index in [2.05, 4.69) is 10.1 Å². The molecule has 0 aromatic carbocycles. The third-order valence-electron chi connectivity index (χ3n) is 2.57. The van der Waals surface area contributed by atoms with Gasteiger partial charge in [0.15, 0.2) is 0 Å². The number of primary amides is 1. The van der Waals surface area contributed by atoms with Gasteiger partial charge in [-0.3, -0.25) is 10.1 Å². The molecule has 0 aliphatic heterocycles. The van der Waals surface area contributed by atoms with Gasteiger partial charge in [0.1, 0.15) is 5.00 Å². The third kappa shape index (κ3) is 1.76. The van der Waals surface area contributed by atoms with Gasteiger partial charge >= 0.3 is 6.09 Å². The second kappa shape index (κ2) is 4.13. The van der Waals surface area contributed by atoms with Gasteiger partial charge in [-0.2, -0.15) is 0 Å². The van der Waals surface area contributed by atoms with Crippen LogP contribution in [0.1, 0.15) is 27.2 Å². The number of methoxy groups -OCH3 is 1. The van der Waals surface area contributed by atoms with Gasteiger partial charge in [0.05, 0.1) is 12.7 Å². The van der Waals surface area contributed by atoms with Crippen LogP contribution in [0.15, 0.2) is 0 Å². The molecule has 6 heteroatoms. The van der Waals surface area contributed by atoms with Crippen molar-refractivity contribution in [3.8, 4) is 0 Å². The fraction of sp³-hybridized carbons (Fsp3) is 0.400. The average Bonchev–Trinajstić information content (AvgIpc) is 2.76. The van der Waals surface area contributed by atoms with E-state index in [0.29, 0.717) is 10.6 Å². The molecule has 0 saturated heterocycles. The predicted octanol–water partition coefficient (Wildman–Crippen LogP) is 1.51. The summed E-state index contributed by atoms with van der Waals surface area (Å²) in [6.07, 6.45) is 2.26. The van der Waals surface area contributed by atoms with Crippen LogP contribution in [0.3, 0.4) is 0 Å². The molecule has 1 heterocycles. The topological polar surface area (TPSA) is 81.4 Å². The first-order valence-electron chi connectivity index (χ1n) is 4.92. The molecule has 16 heavy (non-hydrogen) atoms. The second-order valence-electron chi connectivity index (χ2n) is 3.54. The Morgan fingerprint density at radius 1 is 1.44 bits per heavy atom. The first-order valence-corrected chi connectivity index (χ1v) is 5.74. The molecule has 2 amide bonds. The van der Waals surface area contributed by atoms with Gasteiger partial charge < -0.3 is 10.5 Å². The molecule has 0 fully saturated rings. The molecule has 0 radical (unpaired) electrons. The molecule has 1 aliphatic rings. The number of carbonyl (C=O) groups excluding carboxylic acids is 2.